The Kier molecular flexibility index (Phi) is 11.6. The number of carboxylic acid groups (broad SMARTS) is 2. The van der Waals surface area contributed by atoms with Crippen molar-refractivity contribution < 1.29 is 29.4 Å². The topological polar surface area (TPSA) is 191 Å². The maximum atomic E-state index is 12.3. The van der Waals surface area contributed by atoms with Gasteiger partial charge in [0, 0.05) is 39.0 Å². The third kappa shape index (κ3) is 10.5. The van der Waals surface area contributed by atoms with E-state index in [-0.39, 0.29) is 17.7 Å². The molecule has 0 radical (unpaired) electrons. The molecule has 1 saturated heterocycles. The molecule has 1 aliphatic rings. The number of nitrogens with zero attached hydrogens (tertiary/aromatic N) is 4. The highest BCUT2D eigenvalue weighted by molar-refractivity contribution is 7.15. The standard InChI is InChI=1S/C23H30N6O4S.CH3NO2/c1-15(30)26-22-27-19(9-6-16-4-7-18(8-5-16)24-14-25-23(32)33)20(34-22)13-29-11-10-17(12-29)21(31)28(2)3;2-1(3)4/h4-5,7-8,14,17H,6,9-13H2,1-3H3,(H,24,25)(H,32,33)(H,26,27,30);2H2,(H,3,4)/t17-;/m1./s1. The van der Waals surface area contributed by atoms with Crippen LogP contribution in [0.25, 0.3) is 0 Å². The van der Waals surface area contributed by atoms with Crippen LogP contribution in [0.15, 0.2) is 29.3 Å². The molecule has 0 spiro atoms. The Hall–Kier alpha value is -4.04. The molecule has 6 N–H and O–H groups in total. The number of thiazole rings is 1. The van der Waals surface area contributed by atoms with Gasteiger partial charge in [0.15, 0.2) is 5.13 Å². The summed E-state index contributed by atoms with van der Waals surface area (Å²) in [5.74, 6) is 0.0312. The van der Waals surface area contributed by atoms with Gasteiger partial charge in [0.1, 0.15) is 0 Å². The second-order valence-corrected chi connectivity index (χ2v) is 9.82. The van der Waals surface area contributed by atoms with Crippen molar-refractivity contribution in [2.24, 2.45) is 16.6 Å². The zero-order valence-corrected chi connectivity index (χ0v) is 22.3. The lowest BCUT2D eigenvalue weighted by atomic mass is 10.1. The number of aryl methyl sites for hydroxylation is 2. The van der Waals surface area contributed by atoms with E-state index in [9.17, 15) is 14.4 Å². The average Bonchev–Trinajstić information content (AvgIpc) is 3.44. The minimum atomic E-state index is -1.33. The van der Waals surface area contributed by atoms with Gasteiger partial charge in [-0.3, -0.25) is 19.8 Å². The number of hydrogen-bond donors (Lipinski definition) is 5. The molecule has 1 aromatic heterocycles. The first-order valence-electron chi connectivity index (χ1n) is 11.7. The first kappa shape index (κ1) is 30.2. The van der Waals surface area contributed by atoms with Crippen molar-refractivity contribution in [2.45, 2.75) is 32.7 Å². The van der Waals surface area contributed by atoms with E-state index in [1.807, 2.05) is 24.3 Å². The Labute approximate surface area is 224 Å². The van der Waals surface area contributed by atoms with Crippen molar-refractivity contribution in [1.29, 1.82) is 0 Å². The molecular weight excluding hydrogens is 514 g/mol. The number of aromatic nitrogens is 1. The van der Waals surface area contributed by atoms with Gasteiger partial charge in [-0.05, 0) is 43.5 Å². The van der Waals surface area contributed by atoms with Gasteiger partial charge in [0.2, 0.25) is 11.8 Å². The number of carbonyl (C=O) groups excluding carboxylic acids is 2. The Morgan fingerprint density at radius 3 is 2.45 bits per heavy atom. The SMILES string of the molecule is CC(=O)Nc1nc(CCc2ccc(N=CNC(=O)O)cc2)c(CN2CC[C@@H](C(=O)N(C)C)C2)s1.NC(=O)O. The summed E-state index contributed by atoms with van der Waals surface area (Å²) in [6, 6.07) is 7.55. The van der Waals surface area contributed by atoms with E-state index in [1.165, 1.54) is 18.3 Å². The van der Waals surface area contributed by atoms with Crippen molar-refractivity contribution in [3.63, 3.8) is 0 Å². The second-order valence-electron chi connectivity index (χ2n) is 8.74. The molecule has 4 amide bonds. The summed E-state index contributed by atoms with van der Waals surface area (Å²) in [4.78, 5) is 56.8. The van der Waals surface area contributed by atoms with Crippen molar-refractivity contribution in [1.82, 2.24) is 20.1 Å². The molecule has 38 heavy (non-hydrogen) atoms. The van der Waals surface area contributed by atoms with Crippen molar-refractivity contribution in [3.8, 4) is 0 Å². The Bertz CT molecular complexity index is 1150. The average molecular weight is 548 g/mol. The summed E-state index contributed by atoms with van der Waals surface area (Å²) >= 11 is 1.49. The molecule has 2 heterocycles. The molecule has 2 aromatic rings. The number of rotatable bonds is 9. The largest absolute Gasteiger partial charge is 0.465 e. The lowest BCUT2D eigenvalue weighted by Crippen LogP contribution is -2.31. The number of hydrogen-bond acceptors (Lipinski definition) is 8. The molecule has 1 aliphatic heterocycles. The van der Waals surface area contributed by atoms with Gasteiger partial charge in [-0.2, -0.15) is 0 Å². The minimum Gasteiger partial charge on any atom is -0.465 e. The van der Waals surface area contributed by atoms with Crippen molar-refractivity contribution >= 4 is 52.5 Å². The van der Waals surface area contributed by atoms with Gasteiger partial charge in [-0.25, -0.2) is 19.6 Å². The third-order valence-electron chi connectivity index (χ3n) is 5.48. The summed E-state index contributed by atoms with van der Waals surface area (Å²) in [5.41, 5.74) is 6.72. The van der Waals surface area contributed by atoms with E-state index in [0.717, 1.165) is 48.4 Å². The molecule has 206 valence electrons. The maximum Gasteiger partial charge on any atom is 0.409 e. The number of aliphatic imine (C=N–C) groups is 1. The van der Waals surface area contributed by atoms with Crippen molar-refractivity contribution in [3.05, 3.63) is 40.4 Å². The summed E-state index contributed by atoms with van der Waals surface area (Å²) in [6.45, 7) is 3.75. The Balaban J connectivity index is 0.00000118. The molecule has 0 saturated carbocycles. The van der Waals surface area contributed by atoms with Gasteiger partial charge < -0.3 is 26.2 Å². The number of anilines is 1. The van der Waals surface area contributed by atoms with E-state index in [1.54, 1.807) is 19.0 Å². The summed E-state index contributed by atoms with van der Waals surface area (Å²) in [6.07, 6.45) is 0.961. The van der Waals surface area contributed by atoms with Crippen LogP contribution >= 0.6 is 11.3 Å². The number of benzene rings is 1. The number of nitrogens with one attached hydrogen (secondary N) is 2. The number of carbonyl (C=O) groups is 4. The van der Waals surface area contributed by atoms with Gasteiger partial charge in [0.25, 0.3) is 0 Å². The van der Waals surface area contributed by atoms with Crippen molar-refractivity contribution in [2.75, 3.05) is 32.5 Å². The smallest absolute Gasteiger partial charge is 0.409 e. The second kappa shape index (κ2) is 14.6. The highest BCUT2D eigenvalue weighted by Gasteiger charge is 2.30. The molecule has 1 fully saturated rings. The van der Waals surface area contributed by atoms with Gasteiger partial charge in [-0.1, -0.05) is 12.1 Å². The zero-order chi connectivity index (χ0) is 28.2. The number of nitrogens with two attached hydrogens (primary N) is 1. The molecular formula is C24H33N7O6S. The first-order valence-corrected chi connectivity index (χ1v) is 12.5. The van der Waals surface area contributed by atoms with Crippen LogP contribution in [0.5, 0.6) is 0 Å². The van der Waals surface area contributed by atoms with Gasteiger partial charge >= 0.3 is 12.2 Å². The van der Waals surface area contributed by atoms with Crippen LogP contribution in [0.3, 0.4) is 0 Å². The minimum absolute atomic E-state index is 0.0214. The fourth-order valence-electron chi connectivity index (χ4n) is 3.83. The fourth-order valence-corrected chi connectivity index (χ4v) is 4.92. The first-order chi connectivity index (χ1) is 17.9. The van der Waals surface area contributed by atoms with Gasteiger partial charge in [-0.15, -0.1) is 11.3 Å². The predicted molar refractivity (Wildman–Crippen MR) is 144 cm³/mol. The molecule has 0 aliphatic carbocycles. The van der Waals surface area contributed by atoms with Crippen LogP contribution in [0.1, 0.15) is 29.5 Å². The predicted octanol–water partition coefficient (Wildman–Crippen LogP) is 2.35. The monoisotopic (exact) mass is 547 g/mol. The molecule has 1 aromatic carbocycles. The lowest BCUT2D eigenvalue weighted by molar-refractivity contribution is -0.132. The highest BCUT2D eigenvalue weighted by atomic mass is 32.1. The Morgan fingerprint density at radius 2 is 1.87 bits per heavy atom. The van der Waals surface area contributed by atoms with Crippen LogP contribution in [0, 0.1) is 5.92 Å². The van der Waals surface area contributed by atoms with E-state index >= 15 is 0 Å². The lowest BCUT2D eigenvalue weighted by Gasteiger charge is -2.18. The maximum absolute atomic E-state index is 12.3. The molecule has 13 nitrogen and oxygen atoms in total. The van der Waals surface area contributed by atoms with E-state index < -0.39 is 12.2 Å². The highest BCUT2D eigenvalue weighted by Crippen LogP contribution is 2.28. The van der Waals surface area contributed by atoms with Crippen LogP contribution in [-0.2, 0) is 29.0 Å². The van der Waals surface area contributed by atoms with Crippen LogP contribution in [-0.4, -0.2) is 82.5 Å². The van der Waals surface area contributed by atoms with Crippen LogP contribution < -0.4 is 16.4 Å². The fraction of sp³-hybridized carbons (Fsp3) is 0.417. The molecule has 0 bridgehead atoms. The summed E-state index contributed by atoms with van der Waals surface area (Å²) in [7, 11) is 3.58. The normalized spacial score (nSPS) is 15.0. The van der Waals surface area contributed by atoms with E-state index in [4.69, 9.17) is 15.0 Å². The third-order valence-corrected chi connectivity index (χ3v) is 6.48. The summed E-state index contributed by atoms with van der Waals surface area (Å²) in [5, 5.41) is 21.2. The van der Waals surface area contributed by atoms with Crippen LogP contribution in [0.2, 0.25) is 0 Å². The van der Waals surface area contributed by atoms with Gasteiger partial charge in [0.05, 0.1) is 23.6 Å². The van der Waals surface area contributed by atoms with E-state index in [0.29, 0.717) is 23.8 Å². The number of primary amides is 1. The molecule has 14 heteroatoms. The van der Waals surface area contributed by atoms with E-state index in [2.05, 4.69) is 31.2 Å². The molecule has 3 rings (SSSR count). The number of amides is 4. The number of likely N-dealkylation sites (tertiary alicyclic amines) is 1. The quantitative estimate of drug-likeness (QED) is 0.233. The summed E-state index contributed by atoms with van der Waals surface area (Å²) < 4.78 is 0. The van der Waals surface area contributed by atoms with Crippen LogP contribution in [0.4, 0.5) is 20.4 Å². The molecule has 0 unspecified atom stereocenters. The Morgan fingerprint density at radius 1 is 1.21 bits per heavy atom. The zero-order valence-electron chi connectivity index (χ0n) is 21.5. The molecule has 1 atom stereocenters.